The van der Waals surface area contributed by atoms with Gasteiger partial charge in [0.2, 0.25) is 0 Å². The zero-order valence-corrected chi connectivity index (χ0v) is 6.94. The Balaban J connectivity index is 3.55. The maximum absolute atomic E-state index is 3.72. The Labute approximate surface area is 53.0 Å². The predicted octanol–water partition coefficient (Wildman–Crippen LogP) is 0.514. The van der Waals surface area contributed by atoms with Crippen LogP contribution in [0.2, 0.25) is 0 Å². The molecule has 0 aromatic rings. The summed E-state index contributed by atoms with van der Waals surface area (Å²) in [7, 11) is 0. The van der Waals surface area contributed by atoms with Crippen molar-refractivity contribution in [2.24, 2.45) is 0 Å². The fourth-order valence-corrected chi connectivity index (χ4v) is 0.156. The number of hydrogen-bond acceptors (Lipinski definition) is 1. The summed E-state index contributed by atoms with van der Waals surface area (Å²) in [6.45, 7) is 9.26. The van der Waals surface area contributed by atoms with Gasteiger partial charge in [-0.25, -0.2) is 0 Å². The number of hydrogen-bond donors (Lipinski definition) is 0. The molecule has 0 unspecified atom stereocenters. The Bertz CT molecular complexity index is 88.1. The average molecular weight is 111 g/mol. The highest BCUT2D eigenvalue weighted by molar-refractivity contribution is 6.06. The van der Waals surface area contributed by atoms with Crippen LogP contribution in [-0.2, 0) is 0 Å². The Morgan fingerprint density at radius 1 is 1.86 bits per heavy atom. The first-order valence-corrected chi connectivity index (χ1v) is 3.09. The first-order valence-electron chi connectivity index (χ1n) is 2.19. The van der Waals surface area contributed by atoms with E-state index < -0.39 is 0 Å². The molecular formula is C5H10AlN. The summed E-state index contributed by atoms with van der Waals surface area (Å²) in [4.78, 5) is 0. The van der Waals surface area contributed by atoms with Gasteiger partial charge in [-0.1, -0.05) is 13.2 Å². The van der Waals surface area contributed by atoms with Crippen LogP contribution in [-0.4, -0.2) is 20.4 Å². The zero-order valence-electron chi connectivity index (χ0n) is 4.94. The van der Waals surface area contributed by atoms with Gasteiger partial charge >= 0.3 is 16.5 Å². The molecule has 0 aromatic carbocycles. The summed E-state index contributed by atoms with van der Waals surface area (Å²) in [5, 5.41) is 0. The van der Waals surface area contributed by atoms with Gasteiger partial charge in [0, 0.05) is 0 Å². The first kappa shape index (κ1) is 6.81. The van der Waals surface area contributed by atoms with Crippen LogP contribution in [0, 0.1) is 0 Å². The molecular weight excluding hydrogens is 101 g/mol. The second kappa shape index (κ2) is 2.90. The minimum absolute atomic E-state index is 0.990. The van der Waals surface area contributed by atoms with E-state index in [2.05, 4.69) is 13.2 Å². The topological polar surface area (TPSA) is 3.24 Å². The van der Waals surface area contributed by atoms with E-state index in [1.807, 2.05) is 10.8 Å². The molecule has 0 heterocycles. The van der Waals surface area contributed by atoms with Crippen LogP contribution >= 0.6 is 0 Å². The Kier molecular flexibility index (Phi) is 2.82. The molecule has 0 aliphatic rings. The molecule has 0 atom stereocenters. The highest BCUT2D eigenvalue weighted by Crippen LogP contribution is 1.91. The Morgan fingerprint density at radius 2 is 2.29 bits per heavy atom. The fourth-order valence-electron chi connectivity index (χ4n) is 0.156. The second-order valence-corrected chi connectivity index (χ2v) is 2.49. The van der Waals surface area contributed by atoms with Crippen molar-refractivity contribution in [2.45, 2.75) is 6.92 Å². The van der Waals surface area contributed by atoms with Gasteiger partial charge in [0.05, 0.1) is 0 Å². The van der Waals surface area contributed by atoms with Crippen molar-refractivity contribution in [2.75, 3.05) is 0 Å². The van der Waals surface area contributed by atoms with Crippen LogP contribution in [0.5, 0.6) is 0 Å². The molecule has 0 rings (SSSR count). The molecule has 0 saturated carbocycles. The Morgan fingerprint density at radius 3 is 2.29 bits per heavy atom. The van der Waals surface area contributed by atoms with Crippen molar-refractivity contribution in [3.63, 3.8) is 0 Å². The van der Waals surface area contributed by atoms with Gasteiger partial charge in [-0.3, -0.25) is 0 Å². The van der Waals surface area contributed by atoms with Crippen molar-refractivity contribution in [3.8, 4) is 0 Å². The van der Waals surface area contributed by atoms with Gasteiger partial charge < -0.3 is 3.88 Å². The average Bonchev–Trinajstić information content (AvgIpc) is 1.65. The smallest absolute Gasteiger partial charge is 0.368 e. The van der Waals surface area contributed by atoms with E-state index in [-0.39, 0.29) is 0 Å². The number of nitrogens with zero attached hydrogens (tertiary/aromatic N) is 1. The summed E-state index contributed by atoms with van der Waals surface area (Å²) in [6, 6.07) is 0. The maximum Gasteiger partial charge on any atom is 0.368 e. The molecule has 7 heavy (non-hydrogen) atoms. The van der Waals surface area contributed by atoms with Crippen LogP contribution in [0.15, 0.2) is 25.1 Å². The van der Waals surface area contributed by atoms with Crippen molar-refractivity contribution in [3.05, 3.63) is 25.1 Å². The maximum atomic E-state index is 3.72. The normalized spacial score (nSPS) is 7.57. The van der Waals surface area contributed by atoms with E-state index in [1.54, 1.807) is 6.20 Å². The molecule has 0 fully saturated rings. The third kappa shape index (κ3) is 2.50. The van der Waals surface area contributed by atoms with E-state index in [0.29, 0.717) is 0 Å². The van der Waals surface area contributed by atoms with E-state index in [4.69, 9.17) is 0 Å². The standard InChI is InChI=1S/C5H8N.Al.2H/c1-4-6-5(2)3;;;/h4H,1-2H2,3H3;;;/q-1;+1;;. The van der Waals surface area contributed by atoms with Crippen molar-refractivity contribution in [1.82, 2.24) is 3.88 Å². The molecule has 0 aliphatic heterocycles. The fraction of sp³-hybridized carbons (Fsp3) is 0.200. The minimum Gasteiger partial charge on any atom is -0.451 e. The van der Waals surface area contributed by atoms with Gasteiger partial charge in [0.1, 0.15) is 0 Å². The van der Waals surface area contributed by atoms with Crippen molar-refractivity contribution in [1.29, 1.82) is 0 Å². The number of rotatable bonds is 2. The molecule has 0 radical (unpaired) electrons. The monoisotopic (exact) mass is 111 g/mol. The summed E-state index contributed by atoms with van der Waals surface area (Å²) in [6.07, 6.45) is 1.79. The summed E-state index contributed by atoms with van der Waals surface area (Å²) >= 11 is 0.990. The molecule has 0 N–H and O–H groups in total. The molecule has 2 heteroatoms. The van der Waals surface area contributed by atoms with Crippen molar-refractivity contribution < 1.29 is 0 Å². The van der Waals surface area contributed by atoms with Gasteiger partial charge in [-0.15, -0.1) is 0 Å². The van der Waals surface area contributed by atoms with Gasteiger partial charge in [-0.05, 0) is 18.8 Å². The van der Waals surface area contributed by atoms with Gasteiger partial charge in [0.15, 0.2) is 0 Å². The van der Waals surface area contributed by atoms with E-state index >= 15 is 0 Å². The predicted molar refractivity (Wildman–Crippen MR) is 35.4 cm³/mol. The quantitative estimate of drug-likeness (QED) is 0.469. The first-order chi connectivity index (χ1) is 3.18. The highest BCUT2D eigenvalue weighted by atomic mass is 27.1. The summed E-state index contributed by atoms with van der Waals surface area (Å²) < 4.78 is 2.00. The van der Waals surface area contributed by atoms with Crippen LogP contribution < -0.4 is 0 Å². The molecule has 1 nitrogen and oxygen atoms in total. The molecule has 0 saturated heterocycles. The lowest BCUT2D eigenvalue weighted by molar-refractivity contribution is 0.754. The summed E-state index contributed by atoms with van der Waals surface area (Å²) in [5.41, 5.74) is 1.07. The third-order valence-corrected chi connectivity index (χ3v) is 2.00. The third-order valence-electron chi connectivity index (χ3n) is 0.876. The minimum atomic E-state index is 0.990. The molecule has 38 valence electrons. The largest absolute Gasteiger partial charge is 0.451 e. The van der Waals surface area contributed by atoms with E-state index in [1.165, 1.54) is 0 Å². The van der Waals surface area contributed by atoms with Crippen LogP contribution in [0.4, 0.5) is 0 Å². The molecule has 0 spiro atoms. The van der Waals surface area contributed by atoms with Crippen LogP contribution in [0.25, 0.3) is 0 Å². The van der Waals surface area contributed by atoms with Gasteiger partial charge in [-0.2, -0.15) is 0 Å². The lowest BCUT2D eigenvalue weighted by Gasteiger charge is -2.12. The van der Waals surface area contributed by atoms with E-state index in [9.17, 15) is 0 Å². The summed E-state index contributed by atoms with van der Waals surface area (Å²) in [5.74, 6) is 0. The van der Waals surface area contributed by atoms with Crippen LogP contribution in [0.1, 0.15) is 6.92 Å². The SMILES string of the molecule is C=C[N]([AlH2])C(=C)C. The van der Waals surface area contributed by atoms with Crippen LogP contribution in [0.3, 0.4) is 0 Å². The van der Waals surface area contributed by atoms with E-state index in [0.717, 1.165) is 22.2 Å². The van der Waals surface area contributed by atoms with Crippen molar-refractivity contribution >= 4 is 16.5 Å². The second-order valence-electron chi connectivity index (χ2n) is 1.53. The zero-order chi connectivity index (χ0) is 5.86. The lowest BCUT2D eigenvalue weighted by atomic mass is 10.6. The highest BCUT2D eigenvalue weighted by Gasteiger charge is 1.83. The Hall–Kier alpha value is -0.188. The lowest BCUT2D eigenvalue weighted by Crippen LogP contribution is -2.06. The molecule has 0 aromatic heterocycles. The van der Waals surface area contributed by atoms with Gasteiger partial charge in [0.25, 0.3) is 0 Å². The molecule has 0 bridgehead atoms. The number of allylic oxidation sites excluding steroid dienone is 1. The molecule has 0 amide bonds. The molecule has 0 aliphatic carbocycles.